The quantitative estimate of drug-likeness (QED) is 0.802. The number of nitrogens with zero attached hydrogens (tertiary/aromatic N) is 2. The molecule has 0 aromatic heterocycles. The summed E-state index contributed by atoms with van der Waals surface area (Å²) in [5, 5.41) is 3.48. The van der Waals surface area contributed by atoms with Gasteiger partial charge in [-0.15, -0.1) is 0 Å². The van der Waals surface area contributed by atoms with Crippen molar-refractivity contribution in [2.24, 2.45) is 0 Å². The lowest BCUT2D eigenvalue weighted by molar-refractivity contribution is -0.129. The predicted molar refractivity (Wildman–Crippen MR) is 80.6 cm³/mol. The molecule has 20 heavy (non-hydrogen) atoms. The van der Waals surface area contributed by atoms with Gasteiger partial charge < -0.3 is 15.1 Å². The van der Waals surface area contributed by atoms with Crippen LogP contribution in [0.5, 0.6) is 0 Å². The molecule has 1 amide bonds. The van der Waals surface area contributed by atoms with Crippen LogP contribution < -0.4 is 5.32 Å². The van der Waals surface area contributed by atoms with Gasteiger partial charge in [0.05, 0.1) is 6.04 Å². The fourth-order valence-corrected chi connectivity index (χ4v) is 3.60. The van der Waals surface area contributed by atoms with Crippen molar-refractivity contribution < 1.29 is 4.79 Å². The van der Waals surface area contributed by atoms with E-state index in [4.69, 9.17) is 0 Å². The minimum atomic E-state index is 0.122. The second kappa shape index (κ2) is 6.44. The molecule has 2 unspecified atom stereocenters. The van der Waals surface area contributed by atoms with Crippen molar-refractivity contribution in [1.82, 2.24) is 15.1 Å². The van der Waals surface area contributed by atoms with Crippen LogP contribution in [0, 0.1) is 0 Å². The van der Waals surface area contributed by atoms with E-state index < -0.39 is 0 Å². The molecule has 0 spiro atoms. The Labute approximate surface area is 122 Å². The highest BCUT2D eigenvalue weighted by Crippen LogP contribution is 2.23. The second-order valence-corrected chi connectivity index (χ2v) is 6.84. The normalized spacial score (nSPS) is 32.0. The van der Waals surface area contributed by atoms with Crippen LogP contribution in [0.25, 0.3) is 0 Å². The van der Waals surface area contributed by atoms with Crippen LogP contribution in [0.4, 0.5) is 0 Å². The number of hydrogen-bond donors (Lipinski definition) is 1. The molecule has 2 aliphatic heterocycles. The molecular weight excluding hydrogens is 250 g/mol. The van der Waals surface area contributed by atoms with Crippen LogP contribution in [0.15, 0.2) is 0 Å². The molecular formula is C16H29N3O. The lowest BCUT2D eigenvalue weighted by atomic mass is 10.0. The number of carbonyl (C=O) groups is 1. The summed E-state index contributed by atoms with van der Waals surface area (Å²) >= 11 is 0. The Kier molecular flexibility index (Phi) is 4.61. The van der Waals surface area contributed by atoms with E-state index in [0.29, 0.717) is 11.9 Å². The number of piperidine rings is 1. The summed E-state index contributed by atoms with van der Waals surface area (Å²) in [7, 11) is 0. The van der Waals surface area contributed by atoms with Crippen molar-refractivity contribution in [3.8, 4) is 0 Å². The highest BCUT2D eigenvalue weighted by atomic mass is 16.2. The van der Waals surface area contributed by atoms with E-state index in [0.717, 1.165) is 38.5 Å². The van der Waals surface area contributed by atoms with Gasteiger partial charge in [0.1, 0.15) is 0 Å². The van der Waals surface area contributed by atoms with E-state index in [2.05, 4.69) is 22.0 Å². The fourth-order valence-electron chi connectivity index (χ4n) is 3.60. The maximum absolute atomic E-state index is 12.3. The molecule has 3 rings (SSSR count). The summed E-state index contributed by atoms with van der Waals surface area (Å²) in [5.74, 6) is 0.351. The molecule has 4 heteroatoms. The zero-order valence-corrected chi connectivity index (χ0v) is 12.8. The van der Waals surface area contributed by atoms with Gasteiger partial charge in [0.2, 0.25) is 5.91 Å². The summed E-state index contributed by atoms with van der Waals surface area (Å²) in [5.41, 5.74) is 0. The van der Waals surface area contributed by atoms with E-state index in [9.17, 15) is 4.79 Å². The smallest absolute Gasteiger partial charge is 0.239 e. The third-order valence-electron chi connectivity index (χ3n) is 5.13. The van der Waals surface area contributed by atoms with Crippen molar-refractivity contribution >= 4 is 5.91 Å². The summed E-state index contributed by atoms with van der Waals surface area (Å²) in [6.45, 7) is 6.66. The molecule has 0 bridgehead atoms. The maximum Gasteiger partial charge on any atom is 0.239 e. The number of nitrogens with one attached hydrogen (secondary N) is 1. The topological polar surface area (TPSA) is 35.6 Å². The average Bonchev–Trinajstić information content (AvgIpc) is 3.20. The van der Waals surface area contributed by atoms with E-state index in [-0.39, 0.29) is 6.04 Å². The molecule has 2 atom stereocenters. The first-order valence-corrected chi connectivity index (χ1v) is 8.53. The number of hydrogen-bond acceptors (Lipinski definition) is 3. The van der Waals surface area contributed by atoms with Gasteiger partial charge in [-0.25, -0.2) is 0 Å². The molecule has 2 saturated heterocycles. The van der Waals surface area contributed by atoms with E-state index >= 15 is 0 Å². The first kappa shape index (κ1) is 14.3. The van der Waals surface area contributed by atoms with Crippen LogP contribution in [-0.4, -0.2) is 60.0 Å². The van der Waals surface area contributed by atoms with Crippen LogP contribution in [-0.2, 0) is 4.79 Å². The Morgan fingerprint density at radius 2 is 1.95 bits per heavy atom. The Hall–Kier alpha value is -0.610. The van der Waals surface area contributed by atoms with Crippen LogP contribution >= 0.6 is 0 Å². The fraction of sp³-hybridized carbons (Fsp3) is 0.938. The third kappa shape index (κ3) is 3.53. The molecule has 4 nitrogen and oxygen atoms in total. The minimum absolute atomic E-state index is 0.122. The zero-order valence-electron chi connectivity index (χ0n) is 12.8. The zero-order chi connectivity index (χ0) is 13.9. The lowest BCUT2D eigenvalue weighted by Crippen LogP contribution is -2.41. The third-order valence-corrected chi connectivity index (χ3v) is 5.13. The Morgan fingerprint density at radius 1 is 1.10 bits per heavy atom. The first-order chi connectivity index (χ1) is 9.74. The molecule has 1 saturated carbocycles. The van der Waals surface area contributed by atoms with Crippen LogP contribution in [0.1, 0.15) is 51.9 Å². The molecule has 3 fully saturated rings. The summed E-state index contributed by atoms with van der Waals surface area (Å²) in [6, 6.07) is 1.50. The standard InChI is InChI=1S/C16H29N3O/c1-13-5-2-3-9-18(13)10-4-11-19-12-8-15(16(19)20)17-14-6-7-14/h13-15,17H,2-12H2,1H3. The molecule has 1 N–H and O–H groups in total. The number of likely N-dealkylation sites (tertiary alicyclic amines) is 2. The predicted octanol–water partition coefficient (Wildman–Crippen LogP) is 1.60. The van der Waals surface area contributed by atoms with Gasteiger partial charge in [0.15, 0.2) is 0 Å². The highest BCUT2D eigenvalue weighted by molar-refractivity contribution is 5.84. The second-order valence-electron chi connectivity index (χ2n) is 6.84. The molecule has 0 radical (unpaired) electrons. The van der Waals surface area contributed by atoms with Gasteiger partial charge in [0, 0.05) is 31.7 Å². The van der Waals surface area contributed by atoms with Crippen molar-refractivity contribution in [3.05, 3.63) is 0 Å². The molecule has 114 valence electrons. The molecule has 1 aliphatic carbocycles. The van der Waals surface area contributed by atoms with Crippen molar-refractivity contribution in [3.63, 3.8) is 0 Å². The molecule has 2 heterocycles. The Bertz CT molecular complexity index is 343. The van der Waals surface area contributed by atoms with E-state index in [1.54, 1.807) is 0 Å². The molecule has 0 aromatic rings. The number of carbonyl (C=O) groups excluding carboxylic acids is 1. The van der Waals surface area contributed by atoms with Crippen molar-refractivity contribution in [1.29, 1.82) is 0 Å². The highest BCUT2D eigenvalue weighted by Gasteiger charge is 2.35. The molecule has 3 aliphatic rings. The van der Waals surface area contributed by atoms with Gasteiger partial charge in [-0.1, -0.05) is 6.42 Å². The van der Waals surface area contributed by atoms with E-state index in [1.807, 2.05) is 0 Å². The Morgan fingerprint density at radius 3 is 2.70 bits per heavy atom. The summed E-state index contributed by atoms with van der Waals surface area (Å²) in [4.78, 5) is 16.9. The van der Waals surface area contributed by atoms with E-state index in [1.165, 1.54) is 38.6 Å². The van der Waals surface area contributed by atoms with Gasteiger partial charge in [0.25, 0.3) is 0 Å². The van der Waals surface area contributed by atoms with Gasteiger partial charge in [-0.2, -0.15) is 0 Å². The molecule has 0 aromatic carbocycles. The monoisotopic (exact) mass is 279 g/mol. The Balaban J connectivity index is 1.36. The first-order valence-electron chi connectivity index (χ1n) is 8.53. The minimum Gasteiger partial charge on any atom is -0.341 e. The van der Waals surface area contributed by atoms with Crippen molar-refractivity contribution in [2.45, 2.75) is 70.0 Å². The summed E-state index contributed by atoms with van der Waals surface area (Å²) < 4.78 is 0. The van der Waals surface area contributed by atoms with Gasteiger partial charge in [-0.3, -0.25) is 4.79 Å². The maximum atomic E-state index is 12.3. The van der Waals surface area contributed by atoms with Crippen LogP contribution in [0.2, 0.25) is 0 Å². The van der Waals surface area contributed by atoms with Gasteiger partial charge in [-0.05, 0) is 52.0 Å². The van der Waals surface area contributed by atoms with Gasteiger partial charge >= 0.3 is 0 Å². The SMILES string of the molecule is CC1CCCCN1CCCN1CCC(NC2CC2)C1=O. The average molecular weight is 279 g/mol. The largest absolute Gasteiger partial charge is 0.341 e. The van der Waals surface area contributed by atoms with Crippen LogP contribution in [0.3, 0.4) is 0 Å². The van der Waals surface area contributed by atoms with Crippen molar-refractivity contribution in [2.75, 3.05) is 26.2 Å². The summed E-state index contributed by atoms with van der Waals surface area (Å²) in [6.07, 6.45) is 8.74. The lowest BCUT2D eigenvalue weighted by Gasteiger charge is -2.33. The number of rotatable bonds is 6. The number of amides is 1.